The molecule has 0 bridgehead atoms. The second kappa shape index (κ2) is 11.1. The zero-order valence-corrected chi connectivity index (χ0v) is 19.4. The Morgan fingerprint density at radius 3 is 2.68 bits per heavy atom. The highest BCUT2D eigenvalue weighted by molar-refractivity contribution is 9.10. The van der Waals surface area contributed by atoms with Crippen LogP contribution in [0.25, 0.3) is 0 Å². The number of non-ortho nitro benzene ring substituents is 1. The molecule has 164 valence electrons. The molecule has 0 saturated heterocycles. The standard InChI is InChI=1S/C19H21BrN6O4S/c1-25-19(22-23-24-25)31-10-9-21-11-15-16(20)7-8-17(29-2)18(15)30-12-13-3-5-14(6-4-13)26(27)28/h3-8,21H,9-12H2,1-2H3. The summed E-state index contributed by atoms with van der Waals surface area (Å²) in [6.45, 7) is 1.56. The van der Waals surface area contributed by atoms with E-state index in [0.29, 0.717) is 18.0 Å². The summed E-state index contributed by atoms with van der Waals surface area (Å²) in [5, 5.41) is 26.4. The summed E-state index contributed by atoms with van der Waals surface area (Å²) in [5.41, 5.74) is 1.79. The number of aryl methyl sites for hydroxylation is 1. The van der Waals surface area contributed by atoms with Gasteiger partial charge in [0, 0.05) is 48.1 Å². The highest BCUT2D eigenvalue weighted by Crippen LogP contribution is 2.37. The highest BCUT2D eigenvalue weighted by atomic mass is 79.9. The van der Waals surface area contributed by atoms with Gasteiger partial charge in [-0.15, -0.1) is 5.10 Å². The zero-order valence-electron chi connectivity index (χ0n) is 16.9. The van der Waals surface area contributed by atoms with Gasteiger partial charge in [-0.3, -0.25) is 10.1 Å². The molecule has 0 aliphatic carbocycles. The van der Waals surface area contributed by atoms with Crippen LogP contribution in [0.1, 0.15) is 11.1 Å². The Labute approximate surface area is 191 Å². The fraction of sp³-hybridized carbons (Fsp3) is 0.316. The van der Waals surface area contributed by atoms with Crippen molar-refractivity contribution in [3.63, 3.8) is 0 Å². The topological polar surface area (TPSA) is 117 Å². The van der Waals surface area contributed by atoms with E-state index in [0.717, 1.165) is 33.1 Å². The molecule has 31 heavy (non-hydrogen) atoms. The van der Waals surface area contributed by atoms with Gasteiger partial charge in [-0.25, -0.2) is 4.68 Å². The Balaban J connectivity index is 1.62. The quantitative estimate of drug-likeness (QED) is 0.180. The van der Waals surface area contributed by atoms with Crippen LogP contribution in [0.4, 0.5) is 5.69 Å². The Morgan fingerprint density at radius 2 is 2.03 bits per heavy atom. The van der Waals surface area contributed by atoms with E-state index in [1.807, 2.05) is 12.1 Å². The molecule has 0 atom stereocenters. The number of thioether (sulfide) groups is 1. The van der Waals surface area contributed by atoms with Crippen LogP contribution in [-0.4, -0.2) is 44.5 Å². The number of ether oxygens (including phenoxy) is 2. The smallest absolute Gasteiger partial charge is 0.269 e. The first-order chi connectivity index (χ1) is 15.0. The Kier molecular flexibility index (Phi) is 8.20. The lowest BCUT2D eigenvalue weighted by Gasteiger charge is -2.17. The van der Waals surface area contributed by atoms with E-state index in [-0.39, 0.29) is 12.3 Å². The Hall–Kier alpha value is -2.70. The molecule has 0 fully saturated rings. The molecule has 0 spiro atoms. The molecule has 0 saturated carbocycles. The molecule has 0 amide bonds. The summed E-state index contributed by atoms with van der Waals surface area (Å²) in [7, 11) is 3.39. The third-order valence-electron chi connectivity index (χ3n) is 4.31. The van der Waals surface area contributed by atoms with Crippen LogP contribution in [0.3, 0.4) is 0 Å². The summed E-state index contributed by atoms with van der Waals surface area (Å²) in [4.78, 5) is 10.4. The van der Waals surface area contributed by atoms with E-state index in [4.69, 9.17) is 9.47 Å². The van der Waals surface area contributed by atoms with Crippen molar-refractivity contribution in [1.29, 1.82) is 0 Å². The van der Waals surface area contributed by atoms with Crippen molar-refractivity contribution in [2.24, 2.45) is 7.05 Å². The summed E-state index contributed by atoms with van der Waals surface area (Å²) in [6.07, 6.45) is 0. The average Bonchev–Trinajstić information content (AvgIpc) is 3.18. The SMILES string of the molecule is COc1ccc(Br)c(CNCCSc2nnnn2C)c1OCc1ccc([N+](=O)[O-])cc1. The Bertz CT molecular complexity index is 1030. The monoisotopic (exact) mass is 508 g/mol. The summed E-state index contributed by atoms with van der Waals surface area (Å²) in [6, 6.07) is 10.0. The molecule has 3 aromatic rings. The normalized spacial score (nSPS) is 10.8. The average molecular weight is 509 g/mol. The van der Waals surface area contributed by atoms with Crippen LogP contribution in [0.5, 0.6) is 11.5 Å². The molecule has 0 aliphatic heterocycles. The van der Waals surface area contributed by atoms with Crippen molar-refractivity contribution in [2.45, 2.75) is 18.3 Å². The molecule has 1 heterocycles. The van der Waals surface area contributed by atoms with E-state index in [2.05, 4.69) is 36.8 Å². The van der Waals surface area contributed by atoms with Gasteiger partial charge >= 0.3 is 0 Å². The van der Waals surface area contributed by atoms with Gasteiger partial charge in [-0.1, -0.05) is 27.7 Å². The van der Waals surface area contributed by atoms with Gasteiger partial charge in [0.1, 0.15) is 6.61 Å². The van der Waals surface area contributed by atoms with Crippen molar-refractivity contribution < 1.29 is 14.4 Å². The van der Waals surface area contributed by atoms with Crippen LogP contribution in [0, 0.1) is 10.1 Å². The van der Waals surface area contributed by atoms with E-state index < -0.39 is 4.92 Å². The van der Waals surface area contributed by atoms with Crippen LogP contribution >= 0.6 is 27.7 Å². The van der Waals surface area contributed by atoms with E-state index in [1.165, 1.54) is 12.1 Å². The third-order valence-corrected chi connectivity index (χ3v) is 6.07. The van der Waals surface area contributed by atoms with Crippen molar-refractivity contribution in [1.82, 2.24) is 25.5 Å². The number of halogens is 1. The molecule has 2 aromatic carbocycles. The summed E-state index contributed by atoms with van der Waals surface area (Å²) < 4.78 is 14.1. The maximum Gasteiger partial charge on any atom is 0.269 e. The lowest BCUT2D eigenvalue weighted by atomic mass is 10.1. The minimum atomic E-state index is -0.426. The predicted octanol–water partition coefficient (Wildman–Crippen LogP) is 3.35. The highest BCUT2D eigenvalue weighted by Gasteiger charge is 2.15. The number of aromatic nitrogens is 4. The van der Waals surface area contributed by atoms with Crippen LogP contribution in [0.2, 0.25) is 0 Å². The first kappa shape index (κ1) is 23.0. The molecule has 10 nitrogen and oxygen atoms in total. The largest absolute Gasteiger partial charge is 0.493 e. The van der Waals surface area contributed by atoms with Crippen molar-refractivity contribution in [3.8, 4) is 11.5 Å². The van der Waals surface area contributed by atoms with Crippen LogP contribution in [-0.2, 0) is 20.2 Å². The minimum Gasteiger partial charge on any atom is -0.493 e. The van der Waals surface area contributed by atoms with Crippen LogP contribution < -0.4 is 14.8 Å². The summed E-state index contributed by atoms with van der Waals surface area (Å²) in [5.74, 6) is 2.03. The zero-order chi connectivity index (χ0) is 22.2. The number of rotatable bonds is 11. The molecule has 3 rings (SSSR count). The van der Waals surface area contributed by atoms with Gasteiger partial charge in [0.05, 0.1) is 12.0 Å². The molecule has 12 heteroatoms. The Morgan fingerprint density at radius 1 is 1.26 bits per heavy atom. The lowest BCUT2D eigenvalue weighted by Crippen LogP contribution is -2.18. The number of hydrogen-bond acceptors (Lipinski definition) is 9. The third kappa shape index (κ3) is 6.15. The molecular weight excluding hydrogens is 488 g/mol. The van der Waals surface area contributed by atoms with Crippen LogP contribution in [0.15, 0.2) is 46.0 Å². The molecular formula is C19H21BrN6O4S. The van der Waals surface area contributed by atoms with Gasteiger partial charge in [0.2, 0.25) is 5.16 Å². The minimum absolute atomic E-state index is 0.0450. The number of nitrogens with zero attached hydrogens (tertiary/aromatic N) is 5. The fourth-order valence-electron chi connectivity index (χ4n) is 2.71. The van der Waals surface area contributed by atoms with E-state index >= 15 is 0 Å². The maximum absolute atomic E-state index is 10.8. The van der Waals surface area contributed by atoms with Crippen molar-refractivity contribution >= 4 is 33.4 Å². The van der Waals surface area contributed by atoms with Gasteiger partial charge in [-0.2, -0.15) is 0 Å². The molecule has 1 aromatic heterocycles. The van der Waals surface area contributed by atoms with Gasteiger partial charge in [0.15, 0.2) is 11.5 Å². The molecule has 1 N–H and O–H groups in total. The van der Waals surface area contributed by atoms with Crippen molar-refractivity contribution in [3.05, 3.63) is 62.1 Å². The van der Waals surface area contributed by atoms with E-state index in [1.54, 1.807) is 42.7 Å². The fourth-order valence-corrected chi connectivity index (χ4v) is 3.91. The van der Waals surface area contributed by atoms with Gasteiger partial charge in [0.25, 0.3) is 5.69 Å². The first-order valence-electron chi connectivity index (χ1n) is 9.27. The molecule has 0 aliphatic rings. The number of nitrogens with one attached hydrogen (secondary N) is 1. The number of nitro groups is 1. The lowest BCUT2D eigenvalue weighted by molar-refractivity contribution is -0.384. The second-order valence-electron chi connectivity index (χ2n) is 6.38. The summed E-state index contributed by atoms with van der Waals surface area (Å²) >= 11 is 5.15. The molecule has 0 radical (unpaired) electrons. The number of hydrogen-bond donors (Lipinski definition) is 1. The number of nitro benzene ring substituents is 1. The van der Waals surface area contributed by atoms with Gasteiger partial charge in [-0.05, 0) is 40.3 Å². The first-order valence-corrected chi connectivity index (χ1v) is 11.0. The number of benzene rings is 2. The maximum atomic E-state index is 10.8. The van der Waals surface area contributed by atoms with Gasteiger partial charge < -0.3 is 14.8 Å². The predicted molar refractivity (Wildman–Crippen MR) is 119 cm³/mol. The molecule has 0 unspecified atom stereocenters. The number of tetrazole rings is 1. The number of methoxy groups -OCH3 is 1. The van der Waals surface area contributed by atoms with E-state index in [9.17, 15) is 10.1 Å². The van der Waals surface area contributed by atoms with Crippen molar-refractivity contribution in [2.75, 3.05) is 19.4 Å². The second-order valence-corrected chi connectivity index (χ2v) is 8.30.